The summed E-state index contributed by atoms with van der Waals surface area (Å²) < 4.78 is 26.6. The van der Waals surface area contributed by atoms with E-state index in [0.29, 0.717) is 24.1 Å². The molecule has 1 fully saturated rings. The molecule has 1 aromatic heterocycles. The average Bonchev–Trinajstić information content (AvgIpc) is 3.23. The third-order valence-electron chi connectivity index (χ3n) is 4.62. The second kappa shape index (κ2) is 8.65. The van der Waals surface area contributed by atoms with Crippen LogP contribution in [0.25, 0.3) is 11.0 Å². The minimum absolute atomic E-state index is 0.00347. The van der Waals surface area contributed by atoms with E-state index in [2.05, 4.69) is 26.2 Å². The summed E-state index contributed by atoms with van der Waals surface area (Å²) in [6, 6.07) is 11.6. The van der Waals surface area contributed by atoms with Gasteiger partial charge in [-0.15, -0.1) is 0 Å². The Morgan fingerprint density at radius 1 is 1.31 bits per heavy atom. The number of carbonyl (C=O) groups is 1. The van der Waals surface area contributed by atoms with E-state index in [4.69, 9.17) is 20.8 Å². The van der Waals surface area contributed by atoms with E-state index in [-0.39, 0.29) is 33.8 Å². The monoisotopic (exact) mass is 478 g/mol. The number of carbonyl (C=O) groups excluding carboxylic acids is 1. The molecule has 3 aromatic rings. The van der Waals surface area contributed by atoms with Gasteiger partial charge in [0.15, 0.2) is 5.82 Å². The van der Waals surface area contributed by atoms with Crippen molar-refractivity contribution >= 4 is 50.1 Å². The zero-order chi connectivity index (χ0) is 20.4. The Morgan fingerprint density at radius 2 is 2.17 bits per heavy atom. The first-order valence-corrected chi connectivity index (χ1v) is 10.3. The Hall–Kier alpha value is -2.22. The molecule has 1 amide bonds. The summed E-state index contributed by atoms with van der Waals surface area (Å²) in [6.07, 6.45) is 1.88. The highest BCUT2D eigenvalue weighted by molar-refractivity contribution is 9.10. The van der Waals surface area contributed by atoms with Crippen molar-refractivity contribution in [1.29, 1.82) is 0 Å². The molecule has 8 heteroatoms. The number of benzene rings is 2. The topological polar surface area (TPSA) is 63.8 Å². The van der Waals surface area contributed by atoms with Gasteiger partial charge in [0.1, 0.15) is 16.8 Å². The Morgan fingerprint density at radius 3 is 2.97 bits per heavy atom. The minimum Gasteiger partial charge on any atom is -0.438 e. The molecule has 0 aliphatic carbocycles. The predicted molar refractivity (Wildman–Crippen MR) is 112 cm³/mol. The molecule has 29 heavy (non-hydrogen) atoms. The molecule has 150 valence electrons. The molecule has 4 rings (SSSR count). The van der Waals surface area contributed by atoms with Crippen molar-refractivity contribution in [2.75, 3.05) is 13.2 Å². The van der Waals surface area contributed by atoms with Crippen molar-refractivity contribution in [2.24, 2.45) is 4.99 Å². The first-order chi connectivity index (χ1) is 14.0. The van der Waals surface area contributed by atoms with Crippen molar-refractivity contribution in [3.63, 3.8) is 0 Å². The normalized spacial score (nSPS) is 17.1. The number of hydrogen-bond donors (Lipinski definition) is 1. The van der Waals surface area contributed by atoms with Crippen LogP contribution in [0.3, 0.4) is 0 Å². The lowest BCUT2D eigenvalue weighted by atomic mass is 10.1. The average molecular weight is 480 g/mol. The fraction of sp³-hybridized carbons (Fsp3) is 0.238. The molecule has 2 aromatic carbocycles. The Balaban J connectivity index is 1.79. The Kier molecular flexibility index (Phi) is 5.99. The molecular weight excluding hydrogens is 463 g/mol. The maximum atomic E-state index is 14.3. The highest BCUT2D eigenvalue weighted by Gasteiger charge is 2.19. The van der Waals surface area contributed by atoms with E-state index in [9.17, 15) is 9.18 Å². The molecule has 0 spiro atoms. The van der Waals surface area contributed by atoms with Crippen molar-refractivity contribution in [2.45, 2.75) is 18.9 Å². The lowest BCUT2D eigenvalue weighted by Crippen LogP contribution is -2.34. The van der Waals surface area contributed by atoms with Gasteiger partial charge in [-0.1, -0.05) is 33.6 Å². The van der Waals surface area contributed by atoms with Crippen molar-refractivity contribution < 1.29 is 18.3 Å². The second-order valence-corrected chi connectivity index (χ2v) is 8.00. The molecular formula is C21H17BrClFN2O3. The molecule has 1 saturated heterocycles. The zero-order valence-corrected chi connectivity index (χ0v) is 17.6. The van der Waals surface area contributed by atoms with Gasteiger partial charge in [0.2, 0.25) is 5.55 Å². The van der Waals surface area contributed by atoms with Gasteiger partial charge in [-0.05, 0) is 49.2 Å². The number of nitrogens with one attached hydrogen (secondary N) is 1. The molecule has 1 aliphatic rings. The van der Waals surface area contributed by atoms with Gasteiger partial charge < -0.3 is 14.5 Å². The fourth-order valence-corrected chi connectivity index (χ4v) is 3.69. The predicted octanol–water partition coefficient (Wildman–Crippen LogP) is 5.13. The maximum absolute atomic E-state index is 14.3. The SMILES string of the molecule is O=C(NC[C@@H]1CCCO1)c1cc2cc(Br)ccc2oc1=Nc1cccc(Cl)c1F. The summed E-state index contributed by atoms with van der Waals surface area (Å²) in [6.45, 7) is 1.09. The number of halogens is 3. The summed E-state index contributed by atoms with van der Waals surface area (Å²) in [4.78, 5) is 17.1. The number of rotatable bonds is 4. The minimum atomic E-state index is -0.675. The Bertz CT molecular complexity index is 1140. The zero-order valence-electron chi connectivity index (χ0n) is 15.3. The molecule has 0 bridgehead atoms. The first kappa shape index (κ1) is 20.1. The molecule has 2 heterocycles. The summed E-state index contributed by atoms with van der Waals surface area (Å²) >= 11 is 9.27. The van der Waals surface area contributed by atoms with Gasteiger partial charge in [-0.25, -0.2) is 9.38 Å². The van der Waals surface area contributed by atoms with Crippen LogP contribution in [0.4, 0.5) is 10.1 Å². The standard InChI is InChI=1S/C21H17BrClFN2O3/c22-13-6-7-18-12(9-13)10-15(20(27)25-11-14-3-2-8-28-14)21(29-18)26-17-5-1-4-16(23)19(17)24/h1,4-7,9-10,14H,2-3,8,11H2,(H,25,27)/t14-/m0/s1. The van der Waals surface area contributed by atoms with Gasteiger partial charge in [0.05, 0.1) is 11.1 Å². The number of nitrogens with zero attached hydrogens (tertiary/aromatic N) is 1. The molecule has 0 unspecified atom stereocenters. The molecule has 0 saturated carbocycles. The van der Waals surface area contributed by atoms with Crippen LogP contribution in [0.15, 0.2) is 56.3 Å². The molecule has 1 N–H and O–H groups in total. The van der Waals surface area contributed by atoms with E-state index in [0.717, 1.165) is 17.3 Å². The van der Waals surface area contributed by atoms with E-state index >= 15 is 0 Å². The highest BCUT2D eigenvalue weighted by Crippen LogP contribution is 2.25. The van der Waals surface area contributed by atoms with Gasteiger partial charge in [-0.2, -0.15) is 0 Å². The van der Waals surface area contributed by atoms with Crippen LogP contribution in [0.2, 0.25) is 5.02 Å². The van der Waals surface area contributed by atoms with E-state index in [1.165, 1.54) is 12.1 Å². The van der Waals surface area contributed by atoms with Crippen LogP contribution in [-0.2, 0) is 4.74 Å². The van der Waals surface area contributed by atoms with Crippen LogP contribution >= 0.6 is 27.5 Å². The van der Waals surface area contributed by atoms with Crippen LogP contribution in [0.1, 0.15) is 23.2 Å². The quantitative estimate of drug-likeness (QED) is 0.564. The van der Waals surface area contributed by atoms with Crippen LogP contribution < -0.4 is 10.9 Å². The fourth-order valence-electron chi connectivity index (χ4n) is 3.14. The summed E-state index contributed by atoms with van der Waals surface area (Å²) in [5.74, 6) is -1.04. The number of hydrogen-bond acceptors (Lipinski definition) is 4. The number of amides is 1. The third-order valence-corrected chi connectivity index (χ3v) is 5.41. The molecule has 5 nitrogen and oxygen atoms in total. The van der Waals surface area contributed by atoms with Gasteiger partial charge in [0.25, 0.3) is 5.91 Å². The summed E-state index contributed by atoms with van der Waals surface area (Å²) in [5.41, 5.74) is 0.717. The van der Waals surface area contributed by atoms with Crippen LogP contribution in [0.5, 0.6) is 0 Å². The number of ether oxygens (including phenoxy) is 1. The van der Waals surface area contributed by atoms with Gasteiger partial charge in [0, 0.05) is 23.0 Å². The van der Waals surface area contributed by atoms with E-state index < -0.39 is 5.82 Å². The third kappa shape index (κ3) is 4.52. The Labute approximate surface area is 179 Å². The smallest absolute Gasteiger partial charge is 0.256 e. The lowest BCUT2D eigenvalue weighted by Gasteiger charge is -2.11. The van der Waals surface area contributed by atoms with Crippen molar-refractivity contribution in [3.8, 4) is 0 Å². The second-order valence-electron chi connectivity index (χ2n) is 6.68. The van der Waals surface area contributed by atoms with E-state index in [1.807, 2.05) is 12.1 Å². The highest BCUT2D eigenvalue weighted by atomic mass is 79.9. The van der Waals surface area contributed by atoms with Crippen molar-refractivity contribution in [1.82, 2.24) is 5.32 Å². The lowest BCUT2D eigenvalue weighted by molar-refractivity contribution is 0.0854. The largest absolute Gasteiger partial charge is 0.438 e. The molecule has 1 aliphatic heterocycles. The molecule has 0 radical (unpaired) electrons. The van der Waals surface area contributed by atoms with Crippen LogP contribution in [-0.4, -0.2) is 25.2 Å². The molecule has 1 atom stereocenters. The first-order valence-electron chi connectivity index (χ1n) is 9.13. The maximum Gasteiger partial charge on any atom is 0.256 e. The summed E-state index contributed by atoms with van der Waals surface area (Å²) in [7, 11) is 0. The van der Waals surface area contributed by atoms with E-state index in [1.54, 1.807) is 18.2 Å². The van der Waals surface area contributed by atoms with Gasteiger partial charge in [-0.3, -0.25) is 4.79 Å². The van der Waals surface area contributed by atoms with Gasteiger partial charge >= 0.3 is 0 Å². The van der Waals surface area contributed by atoms with Crippen molar-refractivity contribution in [3.05, 3.63) is 68.9 Å². The number of fused-ring (bicyclic) bond motifs is 1. The van der Waals surface area contributed by atoms with Crippen LogP contribution in [0, 0.1) is 5.82 Å². The summed E-state index contributed by atoms with van der Waals surface area (Å²) in [5, 5.41) is 3.52.